The molecule has 0 bridgehead atoms. The lowest BCUT2D eigenvalue weighted by atomic mass is 10.1. The van der Waals surface area contributed by atoms with Crippen molar-refractivity contribution in [1.82, 2.24) is 4.98 Å². The van der Waals surface area contributed by atoms with E-state index in [0.29, 0.717) is 5.39 Å². The van der Waals surface area contributed by atoms with E-state index in [4.69, 9.17) is 28.5 Å². The number of halogens is 4. The van der Waals surface area contributed by atoms with E-state index in [9.17, 15) is 4.39 Å². The molecule has 0 atom stereocenters. The van der Waals surface area contributed by atoms with Gasteiger partial charge in [0, 0.05) is 5.39 Å². The van der Waals surface area contributed by atoms with Crippen molar-refractivity contribution in [3.8, 4) is 6.07 Å². The van der Waals surface area contributed by atoms with Crippen molar-refractivity contribution in [1.29, 1.82) is 5.26 Å². The summed E-state index contributed by atoms with van der Waals surface area (Å²) in [4.78, 5) is 3.82. The normalized spacial score (nSPS) is 10.4. The van der Waals surface area contributed by atoms with Gasteiger partial charge in [0.2, 0.25) is 0 Å². The van der Waals surface area contributed by atoms with Crippen LogP contribution in [0.1, 0.15) is 5.56 Å². The number of rotatable bonds is 0. The van der Waals surface area contributed by atoms with Gasteiger partial charge < -0.3 is 0 Å². The van der Waals surface area contributed by atoms with Crippen LogP contribution >= 0.6 is 39.1 Å². The van der Waals surface area contributed by atoms with Gasteiger partial charge in [-0.05, 0) is 28.1 Å². The maximum atomic E-state index is 13.7. The van der Waals surface area contributed by atoms with Crippen molar-refractivity contribution in [3.05, 3.63) is 38.2 Å². The Bertz CT molecular complexity index is 637. The van der Waals surface area contributed by atoms with Crippen molar-refractivity contribution in [2.75, 3.05) is 0 Å². The number of fused-ring (bicyclic) bond motifs is 1. The molecular formula is C10H2BrCl2FN2. The Labute approximate surface area is 109 Å². The van der Waals surface area contributed by atoms with Crippen LogP contribution in [0.5, 0.6) is 0 Å². The van der Waals surface area contributed by atoms with E-state index in [-0.39, 0.29) is 25.7 Å². The van der Waals surface area contributed by atoms with Gasteiger partial charge in [-0.2, -0.15) is 5.26 Å². The molecule has 16 heavy (non-hydrogen) atoms. The molecule has 0 N–H and O–H groups in total. The molecule has 0 aliphatic rings. The number of hydrogen-bond acceptors (Lipinski definition) is 2. The van der Waals surface area contributed by atoms with Crippen molar-refractivity contribution in [2.24, 2.45) is 0 Å². The lowest BCUT2D eigenvalue weighted by Gasteiger charge is -2.05. The van der Waals surface area contributed by atoms with E-state index in [0.717, 1.165) is 0 Å². The smallest absolute Gasteiger partial charge is 0.163 e. The van der Waals surface area contributed by atoms with Crippen LogP contribution in [0, 0.1) is 17.1 Å². The highest BCUT2D eigenvalue weighted by Crippen LogP contribution is 2.33. The van der Waals surface area contributed by atoms with Gasteiger partial charge in [-0.3, -0.25) is 0 Å². The molecule has 0 unspecified atom stereocenters. The number of pyridine rings is 1. The molecule has 0 aliphatic heterocycles. The number of aromatic nitrogens is 1. The molecule has 0 amide bonds. The number of nitrogens with zero attached hydrogens (tertiary/aromatic N) is 2. The average Bonchev–Trinajstić information content (AvgIpc) is 2.25. The predicted molar refractivity (Wildman–Crippen MR) is 64.1 cm³/mol. The zero-order valence-electron chi connectivity index (χ0n) is 7.56. The molecule has 1 aromatic heterocycles. The summed E-state index contributed by atoms with van der Waals surface area (Å²) in [5, 5.41) is 9.20. The summed E-state index contributed by atoms with van der Waals surface area (Å²) in [7, 11) is 0. The summed E-state index contributed by atoms with van der Waals surface area (Å²) < 4.78 is 14.0. The Morgan fingerprint density at radius 2 is 2.06 bits per heavy atom. The minimum atomic E-state index is -0.550. The van der Waals surface area contributed by atoms with E-state index < -0.39 is 5.82 Å². The van der Waals surface area contributed by atoms with Crippen LogP contribution in [0.3, 0.4) is 0 Å². The fourth-order valence-corrected chi connectivity index (χ4v) is 2.17. The van der Waals surface area contributed by atoms with Crippen molar-refractivity contribution in [3.63, 3.8) is 0 Å². The molecule has 0 spiro atoms. The molecule has 80 valence electrons. The first kappa shape index (κ1) is 11.6. The molecule has 6 heteroatoms. The molecule has 0 radical (unpaired) electrons. The average molecular weight is 320 g/mol. The largest absolute Gasteiger partial charge is 0.231 e. The maximum absolute atomic E-state index is 13.7. The summed E-state index contributed by atoms with van der Waals surface area (Å²) in [5.74, 6) is -0.550. The molecular weight excluding hydrogens is 318 g/mol. The van der Waals surface area contributed by atoms with E-state index in [1.54, 1.807) is 6.07 Å². The third kappa shape index (κ3) is 1.65. The minimum absolute atomic E-state index is 0.0448. The van der Waals surface area contributed by atoms with Gasteiger partial charge in [0.25, 0.3) is 0 Å². The van der Waals surface area contributed by atoms with Gasteiger partial charge in [0.15, 0.2) is 5.82 Å². The van der Waals surface area contributed by atoms with E-state index in [1.807, 2.05) is 6.07 Å². The zero-order valence-corrected chi connectivity index (χ0v) is 10.7. The Hall–Kier alpha value is -0.890. The van der Waals surface area contributed by atoms with Gasteiger partial charge in [-0.25, -0.2) is 9.37 Å². The Morgan fingerprint density at radius 3 is 2.69 bits per heavy atom. The summed E-state index contributed by atoms with van der Waals surface area (Å²) in [6, 6.07) is 4.91. The topological polar surface area (TPSA) is 36.7 Å². The molecule has 2 nitrogen and oxygen atoms in total. The van der Waals surface area contributed by atoms with E-state index in [1.165, 1.54) is 6.07 Å². The Morgan fingerprint density at radius 1 is 1.38 bits per heavy atom. The highest BCUT2D eigenvalue weighted by molar-refractivity contribution is 9.10. The molecule has 1 aromatic carbocycles. The summed E-state index contributed by atoms with van der Waals surface area (Å²) in [6.07, 6.45) is 0. The second-order valence-corrected chi connectivity index (χ2v) is 4.55. The molecule has 0 aliphatic carbocycles. The molecule has 1 heterocycles. The highest BCUT2D eigenvalue weighted by Gasteiger charge is 2.15. The van der Waals surface area contributed by atoms with Crippen molar-refractivity contribution < 1.29 is 4.39 Å². The van der Waals surface area contributed by atoms with Crippen LogP contribution in [0.2, 0.25) is 10.2 Å². The summed E-state index contributed by atoms with van der Waals surface area (Å²) in [6.45, 7) is 0. The molecule has 2 aromatic rings. The fourth-order valence-electron chi connectivity index (χ4n) is 1.30. The zero-order chi connectivity index (χ0) is 11.9. The van der Waals surface area contributed by atoms with Crippen LogP contribution in [0.25, 0.3) is 10.9 Å². The van der Waals surface area contributed by atoms with Crippen LogP contribution in [-0.2, 0) is 0 Å². The first-order valence-corrected chi connectivity index (χ1v) is 5.64. The molecule has 0 fully saturated rings. The third-order valence-electron chi connectivity index (χ3n) is 2.05. The molecule has 2 rings (SSSR count). The van der Waals surface area contributed by atoms with E-state index in [2.05, 4.69) is 20.9 Å². The Kier molecular flexibility index (Phi) is 3.02. The van der Waals surface area contributed by atoms with Crippen LogP contribution in [0.15, 0.2) is 16.6 Å². The van der Waals surface area contributed by atoms with Crippen LogP contribution in [-0.4, -0.2) is 4.98 Å². The lowest BCUT2D eigenvalue weighted by Crippen LogP contribution is -1.92. The molecule has 0 saturated heterocycles. The summed E-state index contributed by atoms with van der Waals surface area (Å²) >= 11 is 14.7. The number of nitriles is 1. The standard InChI is InChI=1S/C10H2BrCl2FN2/c11-6-2-1-4-7(12)5(3-15)10(13)16-9(4)8(6)14/h1-2H. The lowest BCUT2D eigenvalue weighted by molar-refractivity contribution is 0.630. The number of hydrogen-bond donors (Lipinski definition) is 0. The second-order valence-electron chi connectivity index (χ2n) is 2.96. The quantitative estimate of drug-likeness (QED) is 0.678. The second kappa shape index (κ2) is 4.17. The maximum Gasteiger partial charge on any atom is 0.163 e. The monoisotopic (exact) mass is 318 g/mol. The number of benzene rings is 1. The SMILES string of the molecule is N#Cc1c(Cl)nc2c(F)c(Br)ccc2c1Cl. The fraction of sp³-hybridized carbons (Fsp3) is 0. The van der Waals surface area contributed by atoms with Crippen LogP contribution in [0.4, 0.5) is 4.39 Å². The third-order valence-corrected chi connectivity index (χ3v) is 3.33. The molecule has 0 saturated carbocycles. The van der Waals surface area contributed by atoms with Gasteiger partial charge in [0.1, 0.15) is 22.3 Å². The van der Waals surface area contributed by atoms with Gasteiger partial charge in [0.05, 0.1) is 9.50 Å². The van der Waals surface area contributed by atoms with Crippen molar-refractivity contribution in [2.45, 2.75) is 0 Å². The van der Waals surface area contributed by atoms with Gasteiger partial charge >= 0.3 is 0 Å². The minimum Gasteiger partial charge on any atom is -0.231 e. The summed E-state index contributed by atoms with van der Waals surface area (Å²) in [5.41, 5.74) is 0.0981. The highest BCUT2D eigenvalue weighted by atomic mass is 79.9. The predicted octanol–water partition coefficient (Wildman–Crippen LogP) is 4.31. The first-order valence-electron chi connectivity index (χ1n) is 4.09. The van der Waals surface area contributed by atoms with Gasteiger partial charge in [-0.1, -0.05) is 23.2 Å². The first-order chi connectivity index (χ1) is 7.56. The van der Waals surface area contributed by atoms with Crippen molar-refractivity contribution >= 4 is 50.0 Å². The van der Waals surface area contributed by atoms with Crippen LogP contribution < -0.4 is 0 Å². The Balaban J connectivity index is 3.00. The van der Waals surface area contributed by atoms with Gasteiger partial charge in [-0.15, -0.1) is 0 Å². The van der Waals surface area contributed by atoms with E-state index >= 15 is 0 Å².